The molecule has 5 heteroatoms. The minimum atomic E-state index is -0.440. The quantitative estimate of drug-likeness (QED) is 0.792. The number of hydrogen-bond acceptors (Lipinski definition) is 3. The van der Waals surface area contributed by atoms with E-state index in [2.05, 4.69) is 5.32 Å². The highest BCUT2D eigenvalue weighted by Gasteiger charge is 2.15. The molecule has 0 spiro atoms. The number of halogens is 1. The van der Waals surface area contributed by atoms with Gasteiger partial charge in [0.1, 0.15) is 0 Å². The molecule has 0 radical (unpaired) electrons. The van der Waals surface area contributed by atoms with Crippen molar-refractivity contribution >= 4 is 5.91 Å². The highest BCUT2D eigenvalue weighted by atomic mass is 19.1. The molecule has 0 fully saturated rings. The van der Waals surface area contributed by atoms with E-state index in [0.717, 1.165) is 12.8 Å². The molecule has 1 aromatic carbocycles. The van der Waals surface area contributed by atoms with Crippen molar-refractivity contribution in [3.63, 3.8) is 0 Å². The van der Waals surface area contributed by atoms with Crippen molar-refractivity contribution < 1.29 is 13.9 Å². The maximum absolute atomic E-state index is 14.4. The third-order valence-corrected chi connectivity index (χ3v) is 4.00. The van der Waals surface area contributed by atoms with E-state index < -0.39 is 5.82 Å². The Bertz CT molecular complexity index is 720. The molecular weight excluding hydrogens is 319 g/mol. The summed E-state index contributed by atoms with van der Waals surface area (Å²) in [7, 11) is 0. The Morgan fingerprint density at radius 3 is 2.88 bits per heavy atom. The average molecular weight is 344 g/mol. The van der Waals surface area contributed by atoms with Crippen molar-refractivity contribution in [3.05, 3.63) is 64.7 Å². The zero-order valence-electron chi connectivity index (χ0n) is 14.8. The molecule has 0 atom stereocenters. The fourth-order valence-corrected chi connectivity index (χ4v) is 2.54. The molecule has 0 heterocycles. The van der Waals surface area contributed by atoms with Crippen LogP contribution in [0.2, 0.25) is 0 Å². The lowest BCUT2D eigenvalue weighted by atomic mass is 10.1. The summed E-state index contributed by atoms with van der Waals surface area (Å²) in [5.74, 6) is -0.540. The van der Waals surface area contributed by atoms with Crippen LogP contribution in [-0.2, 0) is 11.3 Å². The number of carbonyl (C=O) groups is 1. The molecule has 0 aliphatic heterocycles. The van der Waals surface area contributed by atoms with Gasteiger partial charge in [-0.15, -0.1) is 0 Å². The van der Waals surface area contributed by atoms with E-state index >= 15 is 0 Å². The average Bonchev–Trinajstić information content (AvgIpc) is 2.80. The van der Waals surface area contributed by atoms with Crippen molar-refractivity contribution in [2.45, 2.75) is 39.7 Å². The van der Waals surface area contributed by atoms with Crippen LogP contribution < -0.4 is 15.8 Å². The van der Waals surface area contributed by atoms with Crippen LogP contribution in [0.5, 0.6) is 5.75 Å². The molecule has 1 aromatic rings. The maximum Gasteiger partial charge on any atom is 0.253 e. The summed E-state index contributed by atoms with van der Waals surface area (Å²) in [5, 5.41) is 2.74. The van der Waals surface area contributed by atoms with Gasteiger partial charge in [0, 0.05) is 24.2 Å². The van der Waals surface area contributed by atoms with Crippen LogP contribution in [0, 0.1) is 5.82 Å². The fourth-order valence-electron chi connectivity index (χ4n) is 2.54. The predicted molar refractivity (Wildman–Crippen MR) is 97.4 cm³/mol. The van der Waals surface area contributed by atoms with Gasteiger partial charge in [-0.25, -0.2) is 4.39 Å². The van der Waals surface area contributed by atoms with E-state index in [9.17, 15) is 9.18 Å². The number of nitrogens with two attached hydrogens (primary N) is 1. The minimum absolute atomic E-state index is 0.0761. The molecule has 0 bridgehead atoms. The molecule has 1 aliphatic carbocycles. The largest absolute Gasteiger partial charge is 0.491 e. The number of amides is 1. The molecule has 0 unspecified atom stereocenters. The Hall–Kier alpha value is -2.56. The second-order valence-corrected chi connectivity index (χ2v) is 5.91. The van der Waals surface area contributed by atoms with Crippen LogP contribution in [0.1, 0.15) is 38.7 Å². The summed E-state index contributed by atoms with van der Waals surface area (Å²) < 4.78 is 19.8. The summed E-state index contributed by atoms with van der Waals surface area (Å²) in [6.07, 6.45) is 7.75. The Morgan fingerprint density at radius 1 is 1.36 bits per heavy atom. The molecule has 3 N–H and O–H groups in total. The highest BCUT2D eigenvalue weighted by molar-refractivity contribution is 5.97. The summed E-state index contributed by atoms with van der Waals surface area (Å²) in [4.78, 5) is 12.4. The first-order chi connectivity index (χ1) is 12.1. The predicted octanol–water partition coefficient (Wildman–Crippen LogP) is 3.74. The molecule has 1 aliphatic rings. The maximum atomic E-state index is 14.4. The second kappa shape index (κ2) is 9.06. The zero-order valence-corrected chi connectivity index (χ0v) is 14.8. The molecule has 2 rings (SSSR count). The number of benzene rings is 1. The van der Waals surface area contributed by atoms with Gasteiger partial charge in [-0.05, 0) is 25.0 Å². The van der Waals surface area contributed by atoms with Gasteiger partial charge in [0.2, 0.25) is 0 Å². The van der Waals surface area contributed by atoms with E-state index in [1.165, 1.54) is 5.57 Å². The number of rotatable bonds is 7. The Balaban J connectivity index is 2.05. The molecule has 4 nitrogen and oxygen atoms in total. The van der Waals surface area contributed by atoms with E-state index in [-0.39, 0.29) is 18.2 Å². The van der Waals surface area contributed by atoms with Crippen molar-refractivity contribution in [3.8, 4) is 5.75 Å². The van der Waals surface area contributed by atoms with Gasteiger partial charge >= 0.3 is 0 Å². The lowest BCUT2D eigenvalue weighted by molar-refractivity contribution is -0.117. The third-order valence-electron chi connectivity index (χ3n) is 4.00. The first kappa shape index (κ1) is 18.8. The molecule has 0 saturated heterocycles. The lowest BCUT2D eigenvalue weighted by Gasteiger charge is -2.12. The second-order valence-electron chi connectivity index (χ2n) is 5.91. The van der Waals surface area contributed by atoms with Crippen molar-refractivity contribution in [1.29, 1.82) is 0 Å². The number of allylic oxidation sites excluding steroid dienone is 3. The minimum Gasteiger partial charge on any atom is -0.491 e. The summed E-state index contributed by atoms with van der Waals surface area (Å²) in [6.45, 7) is 4.54. The van der Waals surface area contributed by atoms with Crippen LogP contribution in [-0.4, -0.2) is 12.5 Å². The van der Waals surface area contributed by atoms with Gasteiger partial charge in [-0.3, -0.25) is 4.79 Å². The van der Waals surface area contributed by atoms with Crippen LogP contribution in [0.3, 0.4) is 0 Å². The molecule has 0 saturated carbocycles. The van der Waals surface area contributed by atoms with E-state index in [1.807, 2.05) is 26.0 Å². The molecular formula is C20H25FN2O2. The lowest BCUT2D eigenvalue weighted by Crippen LogP contribution is -2.26. The standard InChI is InChI=1S/C20H25FN2O2/c1-3-11-25-18-10-6-8-15(19(18)21)13-23-20(24)16-9-5-7-14(4-2)12-17(16)22/h5-10H,3-4,11-13,22H2,1-2H3,(H,23,24). The summed E-state index contributed by atoms with van der Waals surface area (Å²) >= 11 is 0. The Morgan fingerprint density at radius 2 is 2.16 bits per heavy atom. The van der Waals surface area contributed by atoms with Crippen LogP contribution in [0.15, 0.2) is 53.3 Å². The normalized spacial score (nSPS) is 14.1. The van der Waals surface area contributed by atoms with Crippen LogP contribution >= 0.6 is 0 Å². The first-order valence-corrected chi connectivity index (χ1v) is 8.59. The van der Waals surface area contributed by atoms with Gasteiger partial charge in [-0.2, -0.15) is 0 Å². The Labute approximate surface area is 148 Å². The SMILES string of the molecule is CCCOc1cccc(CNC(=O)C2=C(N)CC(CC)=CC=C2)c1F. The van der Waals surface area contributed by atoms with Gasteiger partial charge in [0.15, 0.2) is 11.6 Å². The number of ether oxygens (including phenoxy) is 1. The van der Waals surface area contributed by atoms with Crippen molar-refractivity contribution in [2.75, 3.05) is 6.61 Å². The van der Waals surface area contributed by atoms with E-state index in [0.29, 0.717) is 29.9 Å². The topological polar surface area (TPSA) is 64.3 Å². The van der Waals surface area contributed by atoms with Gasteiger partial charge in [0.05, 0.1) is 12.2 Å². The number of nitrogens with one attached hydrogen (secondary N) is 1. The summed E-state index contributed by atoms with van der Waals surface area (Å²) in [5.41, 5.74) is 8.56. The van der Waals surface area contributed by atoms with Gasteiger partial charge < -0.3 is 15.8 Å². The fraction of sp³-hybridized carbons (Fsp3) is 0.350. The number of hydrogen-bond donors (Lipinski definition) is 2. The molecule has 25 heavy (non-hydrogen) atoms. The van der Waals surface area contributed by atoms with E-state index in [1.54, 1.807) is 24.3 Å². The highest BCUT2D eigenvalue weighted by Crippen LogP contribution is 2.21. The van der Waals surface area contributed by atoms with Crippen molar-refractivity contribution in [1.82, 2.24) is 5.32 Å². The van der Waals surface area contributed by atoms with Gasteiger partial charge in [-0.1, -0.05) is 43.7 Å². The molecule has 0 aromatic heterocycles. The number of carbonyl (C=O) groups excluding carboxylic acids is 1. The summed E-state index contributed by atoms with van der Waals surface area (Å²) in [6, 6.07) is 4.93. The third kappa shape index (κ3) is 4.95. The Kier molecular flexibility index (Phi) is 6.81. The van der Waals surface area contributed by atoms with Gasteiger partial charge in [0.25, 0.3) is 5.91 Å². The molecule has 1 amide bonds. The van der Waals surface area contributed by atoms with Crippen molar-refractivity contribution in [2.24, 2.45) is 5.73 Å². The van der Waals surface area contributed by atoms with E-state index in [4.69, 9.17) is 10.5 Å². The van der Waals surface area contributed by atoms with Crippen LogP contribution in [0.25, 0.3) is 0 Å². The monoisotopic (exact) mass is 344 g/mol. The van der Waals surface area contributed by atoms with Crippen LogP contribution in [0.4, 0.5) is 4.39 Å². The first-order valence-electron chi connectivity index (χ1n) is 8.59. The molecule has 134 valence electrons. The zero-order chi connectivity index (χ0) is 18.2. The smallest absolute Gasteiger partial charge is 0.253 e.